The van der Waals surface area contributed by atoms with Gasteiger partial charge in [-0.15, -0.1) is 24.0 Å². The number of aliphatic imine (C=N–C) groups is 1. The van der Waals surface area contributed by atoms with Gasteiger partial charge in [-0.05, 0) is 49.1 Å². The van der Waals surface area contributed by atoms with E-state index in [1.54, 1.807) is 0 Å². The minimum absolute atomic E-state index is 0. The van der Waals surface area contributed by atoms with E-state index in [1.165, 1.54) is 11.1 Å². The Morgan fingerprint density at radius 2 is 2.00 bits per heavy atom. The third-order valence-electron chi connectivity index (χ3n) is 6.47. The van der Waals surface area contributed by atoms with E-state index in [9.17, 15) is 4.79 Å². The van der Waals surface area contributed by atoms with Crippen LogP contribution >= 0.6 is 24.0 Å². The Balaban J connectivity index is 0.00000341. The summed E-state index contributed by atoms with van der Waals surface area (Å²) in [7, 11) is 0. The van der Waals surface area contributed by atoms with E-state index in [4.69, 9.17) is 10.7 Å². The molecule has 1 saturated heterocycles. The number of likely N-dealkylation sites (tertiary alicyclic amines) is 1. The van der Waals surface area contributed by atoms with Crippen molar-refractivity contribution in [3.05, 3.63) is 35.4 Å². The molecule has 2 atom stereocenters. The van der Waals surface area contributed by atoms with Crippen LogP contribution in [0.4, 0.5) is 0 Å². The lowest BCUT2D eigenvalue weighted by molar-refractivity contribution is -0.119. The molecule has 1 fully saturated rings. The van der Waals surface area contributed by atoms with E-state index in [0.29, 0.717) is 24.3 Å². The van der Waals surface area contributed by atoms with Gasteiger partial charge < -0.3 is 16.0 Å². The van der Waals surface area contributed by atoms with Gasteiger partial charge in [-0.1, -0.05) is 38.1 Å². The third kappa shape index (κ3) is 7.34. The molecule has 31 heavy (non-hydrogen) atoms. The van der Waals surface area contributed by atoms with Crippen LogP contribution in [0, 0.1) is 11.8 Å². The molecule has 7 heteroatoms. The van der Waals surface area contributed by atoms with E-state index >= 15 is 0 Å². The smallest absolute Gasteiger partial charge is 0.217 e. The SMILES string of the molecule is CCNC(=NCC(C(C)C)N1CCc2ccccc2C1)N1CCCC(CC(N)=O)C1.I. The molecule has 0 aliphatic carbocycles. The molecule has 2 heterocycles. The molecule has 2 aliphatic heterocycles. The summed E-state index contributed by atoms with van der Waals surface area (Å²) in [6.45, 7) is 12.3. The third-order valence-corrected chi connectivity index (χ3v) is 6.47. The van der Waals surface area contributed by atoms with Gasteiger partial charge in [0, 0.05) is 45.2 Å². The van der Waals surface area contributed by atoms with E-state index in [0.717, 1.165) is 64.5 Å². The second kappa shape index (κ2) is 12.6. The summed E-state index contributed by atoms with van der Waals surface area (Å²) in [5.41, 5.74) is 8.39. The van der Waals surface area contributed by atoms with Crippen LogP contribution in [0.15, 0.2) is 29.3 Å². The summed E-state index contributed by atoms with van der Waals surface area (Å²) in [5.74, 6) is 1.65. The van der Waals surface area contributed by atoms with Crippen LogP contribution < -0.4 is 11.1 Å². The highest BCUT2D eigenvalue weighted by Gasteiger charge is 2.27. The minimum atomic E-state index is -0.200. The molecule has 0 spiro atoms. The van der Waals surface area contributed by atoms with Gasteiger partial charge in [0.05, 0.1) is 6.54 Å². The number of nitrogens with two attached hydrogens (primary N) is 1. The number of nitrogens with zero attached hydrogens (tertiary/aromatic N) is 3. The van der Waals surface area contributed by atoms with Crippen LogP contribution in [0.3, 0.4) is 0 Å². The van der Waals surface area contributed by atoms with Crippen LogP contribution in [-0.4, -0.2) is 60.4 Å². The fraction of sp³-hybridized carbons (Fsp3) is 0.667. The summed E-state index contributed by atoms with van der Waals surface area (Å²) >= 11 is 0. The number of rotatable bonds is 7. The first-order valence-electron chi connectivity index (χ1n) is 11.6. The predicted octanol–water partition coefficient (Wildman–Crippen LogP) is 3.24. The van der Waals surface area contributed by atoms with Crippen LogP contribution in [0.1, 0.15) is 51.2 Å². The fourth-order valence-corrected chi connectivity index (χ4v) is 4.86. The Kier molecular flexibility index (Phi) is 10.6. The zero-order valence-electron chi connectivity index (χ0n) is 19.3. The van der Waals surface area contributed by atoms with Crippen molar-refractivity contribution < 1.29 is 4.79 Å². The quantitative estimate of drug-likeness (QED) is 0.316. The highest BCUT2D eigenvalue weighted by atomic mass is 127. The average molecular weight is 542 g/mol. The van der Waals surface area contributed by atoms with Crippen molar-refractivity contribution >= 4 is 35.8 Å². The molecule has 3 N–H and O–H groups in total. The number of carbonyl (C=O) groups is 1. The normalized spacial score (nSPS) is 20.7. The number of nitrogens with one attached hydrogen (secondary N) is 1. The molecule has 2 unspecified atom stereocenters. The first-order valence-corrected chi connectivity index (χ1v) is 11.6. The topological polar surface area (TPSA) is 74.0 Å². The number of halogens is 1. The Morgan fingerprint density at radius 1 is 1.26 bits per heavy atom. The summed E-state index contributed by atoms with van der Waals surface area (Å²) in [5, 5.41) is 3.48. The molecule has 0 radical (unpaired) electrons. The van der Waals surface area contributed by atoms with Crippen molar-refractivity contribution in [2.45, 2.75) is 59.0 Å². The van der Waals surface area contributed by atoms with Gasteiger partial charge in [0.15, 0.2) is 5.96 Å². The number of fused-ring (bicyclic) bond motifs is 1. The molecule has 1 aromatic rings. The molecule has 1 amide bonds. The van der Waals surface area contributed by atoms with Gasteiger partial charge in [-0.2, -0.15) is 0 Å². The predicted molar refractivity (Wildman–Crippen MR) is 139 cm³/mol. The largest absolute Gasteiger partial charge is 0.370 e. The Hall–Kier alpha value is -1.35. The van der Waals surface area contributed by atoms with E-state index < -0.39 is 0 Å². The van der Waals surface area contributed by atoms with Crippen molar-refractivity contribution in [2.24, 2.45) is 22.6 Å². The number of carbonyl (C=O) groups excluding carboxylic acids is 1. The van der Waals surface area contributed by atoms with Crippen molar-refractivity contribution in [3.8, 4) is 0 Å². The number of hydrogen-bond donors (Lipinski definition) is 2. The molecule has 0 bridgehead atoms. The second-order valence-corrected chi connectivity index (χ2v) is 9.12. The summed E-state index contributed by atoms with van der Waals surface area (Å²) in [4.78, 5) is 21.4. The summed E-state index contributed by atoms with van der Waals surface area (Å²) in [6, 6.07) is 9.23. The van der Waals surface area contributed by atoms with Gasteiger partial charge in [-0.3, -0.25) is 14.7 Å². The maximum absolute atomic E-state index is 11.4. The second-order valence-electron chi connectivity index (χ2n) is 9.12. The minimum Gasteiger partial charge on any atom is -0.370 e. The van der Waals surface area contributed by atoms with Crippen molar-refractivity contribution in [1.29, 1.82) is 0 Å². The van der Waals surface area contributed by atoms with E-state index in [1.807, 2.05) is 0 Å². The lowest BCUT2D eigenvalue weighted by Gasteiger charge is -2.38. The van der Waals surface area contributed by atoms with Gasteiger partial charge in [0.25, 0.3) is 0 Å². The number of primary amides is 1. The highest BCUT2D eigenvalue weighted by Crippen LogP contribution is 2.24. The van der Waals surface area contributed by atoms with Crippen LogP contribution in [0.25, 0.3) is 0 Å². The lowest BCUT2D eigenvalue weighted by Crippen LogP contribution is -2.48. The number of benzene rings is 1. The molecule has 6 nitrogen and oxygen atoms in total. The first kappa shape index (κ1) is 25.9. The van der Waals surface area contributed by atoms with Crippen LogP contribution in [0.2, 0.25) is 0 Å². The molecule has 2 aliphatic rings. The average Bonchev–Trinajstić information content (AvgIpc) is 2.72. The number of piperidine rings is 1. The molecule has 1 aromatic carbocycles. The van der Waals surface area contributed by atoms with Crippen LogP contribution in [0.5, 0.6) is 0 Å². The summed E-state index contributed by atoms with van der Waals surface area (Å²) in [6.07, 6.45) is 3.74. The molecular weight excluding hydrogens is 501 g/mol. The Morgan fingerprint density at radius 3 is 2.68 bits per heavy atom. The molecule has 3 rings (SSSR count). The fourth-order valence-electron chi connectivity index (χ4n) is 4.86. The van der Waals surface area contributed by atoms with Crippen molar-refractivity contribution in [1.82, 2.24) is 15.1 Å². The monoisotopic (exact) mass is 541 g/mol. The van der Waals surface area contributed by atoms with Crippen molar-refractivity contribution in [2.75, 3.05) is 32.7 Å². The van der Waals surface area contributed by atoms with Crippen LogP contribution in [-0.2, 0) is 17.8 Å². The van der Waals surface area contributed by atoms with Gasteiger partial charge in [0.1, 0.15) is 0 Å². The van der Waals surface area contributed by atoms with Gasteiger partial charge in [-0.25, -0.2) is 0 Å². The highest BCUT2D eigenvalue weighted by molar-refractivity contribution is 14.0. The molecule has 0 saturated carbocycles. The zero-order valence-corrected chi connectivity index (χ0v) is 21.7. The van der Waals surface area contributed by atoms with Crippen molar-refractivity contribution in [3.63, 3.8) is 0 Å². The standard InChI is InChI=1S/C24H39N5O.HI/c1-4-26-24(29-12-7-8-19(16-29)14-23(25)30)27-15-22(18(2)3)28-13-11-20-9-5-6-10-21(20)17-28;/h5-6,9-10,18-19,22H,4,7-8,11-17H2,1-3H3,(H2,25,30)(H,26,27);1H. The maximum atomic E-state index is 11.4. The number of hydrogen-bond acceptors (Lipinski definition) is 3. The van der Waals surface area contributed by atoms with E-state index in [2.05, 4.69) is 60.2 Å². The Bertz CT molecular complexity index is 738. The maximum Gasteiger partial charge on any atom is 0.217 e. The number of amides is 1. The molecular formula is C24H40IN5O. The first-order chi connectivity index (χ1) is 14.5. The Labute approximate surface area is 205 Å². The van der Waals surface area contributed by atoms with Gasteiger partial charge in [0.2, 0.25) is 5.91 Å². The zero-order chi connectivity index (χ0) is 21.5. The molecule has 174 valence electrons. The summed E-state index contributed by atoms with van der Waals surface area (Å²) < 4.78 is 0. The lowest BCUT2D eigenvalue weighted by atomic mass is 9.94. The molecule has 0 aromatic heterocycles. The number of guanidine groups is 1. The van der Waals surface area contributed by atoms with E-state index in [-0.39, 0.29) is 29.9 Å². The van der Waals surface area contributed by atoms with Gasteiger partial charge >= 0.3 is 0 Å².